The van der Waals surface area contributed by atoms with Crippen molar-refractivity contribution in [1.82, 2.24) is 4.98 Å². The second-order valence-corrected chi connectivity index (χ2v) is 4.92. The first-order valence-electron chi connectivity index (χ1n) is 6.06. The van der Waals surface area contributed by atoms with E-state index in [4.69, 9.17) is 21.6 Å². The minimum absolute atomic E-state index is 0.439. The number of anilines is 1. The highest BCUT2D eigenvalue weighted by atomic mass is 35.5. The molecular weight excluding hydrogens is 250 g/mol. The molecule has 0 aliphatic carbocycles. The van der Waals surface area contributed by atoms with Crippen LogP contribution in [-0.2, 0) is 4.74 Å². The molecule has 1 aliphatic rings. The molecule has 0 N–H and O–H groups in total. The van der Waals surface area contributed by atoms with Crippen LogP contribution in [0.4, 0.5) is 5.82 Å². The van der Waals surface area contributed by atoms with Crippen molar-refractivity contribution in [2.45, 2.75) is 12.8 Å². The van der Waals surface area contributed by atoms with Gasteiger partial charge in [0.05, 0.1) is 5.56 Å². The zero-order chi connectivity index (χ0) is 13.0. The molecule has 0 amide bonds. The SMILES string of the molecule is CN(CC1CCOCC1)c1nccc(C#N)c1Cl. The molecule has 0 radical (unpaired) electrons. The molecule has 0 spiro atoms. The number of rotatable bonds is 3. The van der Waals surface area contributed by atoms with E-state index in [0.29, 0.717) is 22.3 Å². The second kappa shape index (κ2) is 6.03. The van der Waals surface area contributed by atoms with Crippen LogP contribution in [0.5, 0.6) is 0 Å². The first kappa shape index (κ1) is 13.1. The Kier molecular flexibility index (Phi) is 4.40. The van der Waals surface area contributed by atoms with Gasteiger partial charge in [0.1, 0.15) is 16.9 Å². The van der Waals surface area contributed by atoms with Gasteiger partial charge in [0.25, 0.3) is 0 Å². The van der Waals surface area contributed by atoms with Gasteiger partial charge in [-0.15, -0.1) is 0 Å². The van der Waals surface area contributed by atoms with E-state index in [1.54, 1.807) is 12.3 Å². The summed E-state index contributed by atoms with van der Waals surface area (Å²) in [5.41, 5.74) is 0.473. The Labute approximate surface area is 112 Å². The Morgan fingerprint density at radius 3 is 2.94 bits per heavy atom. The lowest BCUT2D eigenvalue weighted by molar-refractivity contribution is 0.0685. The van der Waals surface area contributed by atoms with Gasteiger partial charge in [0, 0.05) is 33.0 Å². The fourth-order valence-electron chi connectivity index (χ4n) is 2.19. The molecule has 1 saturated heterocycles. The minimum atomic E-state index is 0.439. The van der Waals surface area contributed by atoms with Crippen molar-refractivity contribution in [3.05, 3.63) is 22.8 Å². The standard InChI is InChI=1S/C13H16ClN3O/c1-17(9-10-3-6-18-7-4-10)13-12(14)11(8-15)2-5-16-13/h2,5,10H,3-4,6-7,9H2,1H3. The predicted molar refractivity (Wildman–Crippen MR) is 70.8 cm³/mol. The monoisotopic (exact) mass is 265 g/mol. The lowest BCUT2D eigenvalue weighted by Gasteiger charge is -2.28. The summed E-state index contributed by atoms with van der Waals surface area (Å²) >= 11 is 6.17. The first-order valence-corrected chi connectivity index (χ1v) is 6.43. The number of aromatic nitrogens is 1. The van der Waals surface area contributed by atoms with Crippen LogP contribution >= 0.6 is 11.6 Å². The minimum Gasteiger partial charge on any atom is -0.381 e. The maximum atomic E-state index is 8.95. The molecule has 1 fully saturated rings. The largest absolute Gasteiger partial charge is 0.381 e. The number of halogens is 1. The van der Waals surface area contributed by atoms with Gasteiger partial charge in [-0.25, -0.2) is 4.98 Å². The van der Waals surface area contributed by atoms with Gasteiger partial charge in [-0.3, -0.25) is 0 Å². The molecule has 4 nitrogen and oxygen atoms in total. The van der Waals surface area contributed by atoms with E-state index in [-0.39, 0.29) is 0 Å². The Balaban J connectivity index is 2.08. The summed E-state index contributed by atoms with van der Waals surface area (Å²) in [6.45, 7) is 2.56. The molecular formula is C13H16ClN3O. The Bertz CT molecular complexity index is 452. The average molecular weight is 266 g/mol. The Hall–Kier alpha value is -1.31. The van der Waals surface area contributed by atoms with Crippen LogP contribution in [0.1, 0.15) is 18.4 Å². The van der Waals surface area contributed by atoms with E-state index in [2.05, 4.69) is 11.1 Å². The van der Waals surface area contributed by atoms with Gasteiger partial charge in [-0.05, 0) is 24.8 Å². The van der Waals surface area contributed by atoms with E-state index in [1.165, 1.54) is 0 Å². The van der Waals surface area contributed by atoms with Crippen LogP contribution in [0.2, 0.25) is 5.02 Å². The quantitative estimate of drug-likeness (QED) is 0.842. The summed E-state index contributed by atoms with van der Waals surface area (Å²) < 4.78 is 5.34. The Morgan fingerprint density at radius 2 is 2.28 bits per heavy atom. The molecule has 2 rings (SSSR count). The Morgan fingerprint density at radius 1 is 1.56 bits per heavy atom. The van der Waals surface area contributed by atoms with Crippen LogP contribution in [-0.4, -0.2) is 31.8 Å². The van der Waals surface area contributed by atoms with E-state index in [1.807, 2.05) is 11.9 Å². The van der Waals surface area contributed by atoms with Crippen molar-refractivity contribution < 1.29 is 4.74 Å². The fourth-order valence-corrected chi connectivity index (χ4v) is 2.49. The van der Waals surface area contributed by atoms with Crippen molar-refractivity contribution >= 4 is 17.4 Å². The maximum absolute atomic E-state index is 8.95. The highest BCUT2D eigenvalue weighted by Crippen LogP contribution is 2.27. The summed E-state index contributed by atoms with van der Waals surface area (Å²) in [6.07, 6.45) is 3.76. The van der Waals surface area contributed by atoms with Gasteiger partial charge in [0.15, 0.2) is 0 Å². The number of ether oxygens (including phenoxy) is 1. The van der Waals surface area contributed by atoms with Crippen molar-refractivity contribution in [3.63, 3.8) is 0 Å². The molecule has 0 unspecified atom stereocenters. The second-order valence-electron chi connectivity index (χ2n) is 4.54. The molecule has 0 aromatic carbocycles. The molecule has 1 aromatic heterocycles. The fraction of sp³-hybridized carbons (Fsp3) is 0.538. The summed E-state index contributed by atoms with van der Waals surface area (Å²) in [5.74, 6) is 1.29. The number of hydrogen-bond donors (Lipinski definition) is 0. The normalized spacial score (nSPS) is 16.3. The third kappa shape index (κ3) is 2.92. The molecule has 0 saturated carbocycles. The molecule has 1 aliphatic heterocycles. The maximum Gasteiger partial charge on any atom is 0.148 e. The average Bonchev–Trinajstić information content (AvgIpc) is 2.40. The van der Waals surface area contributed by atoms with E-state index in [9.17, 15) is 0 Å². The predicted octanol–water partition coefficient (Wildman–Crippen LogP) is 2.47. The van der Waals surface area contributed by atoms with Crippen molar-refractivity contribution in [2.24, 2.45) is 5.92 Å². The zero-order valence-electron chi connectivity index (χ0n) is 10.4. The van der Waals surface area contributed by atoms with Crippen LogP contribution in [0, 0.1) is 17.2 Å². The third-order valence-corrected chi connectivity index (χ3v) is 3.60. The summed E-state index contributed by atoms with van der Waals surface area (Å²) in [7, 11) is 1.96. The number of pyridine rings is 1. The number of nitrogens with zero attached hydrogens (tertiary/aromatic N) is 3. The van der Waals surface area contributed by atoms with Crippen LogP contribution in [0.25, 0.3) is 0 Å². The van der Waals surface area contributed by atoms with Crippen molar-refractivity contribution in [1.29, 1.82) is 5.26 Å². The lowest BCUT2D eigenvalue weighted by atomic mass is 10.00. The summed E-state index contributed by atoms with van der Waals surface area (Å²) in [6, 6.07) is 3.71. The van der Waals surface area contributed by atoms with Crippen LogP contribution in [0.15, 0.2) is 12.3 Å². The molecule has 2 heterocycles. The smallest absolute Gasteiger partial charge is 0.148 e. The van der Waals surface area contributed by atoms with E-state index < -0.39 is 0 Å². The third-order valence-electron chi connectivity index (χ3n) is 3.23. The van der Waals surface area contributed by atoms with E-state index in [0.717, 1.165) is 32.6 Å². The van der Waals surface area contributed by atoms with E-state index >= 15 is 0 Å². The molecule has 18 heavy (non-hydrogen) atoms. The van der Waals surface area contributed by atoms with Crippen LogP contribution in [0.3, 0.4) is 0 Å². The van der Waals surface area contributed by atoms with Crippen molar-refractivity contribution in [3.8, 4) is 6.07 Å². The van der Waals surface area contributed by atoms with Gasteiger partial charge in [0.2, 0.25) is 0 Å². The highest BCUT2D eigenvalue weighted by Gasteiger charge is 2.18. The summed E-state index contributed by atoms with van der Waals surface area (Å²) in [5, 5.41) is 9.39. The molecule has 0 bridgehead atoms. The molecule has 96 valence electrons. The lowest BCUT2D eigenvalue weighted by Crippen LogP contribution is -2.30. The first-order chi connectivity index (χ1) is 8.72. The van der Waals surface area contributed by atoms with Gasteiger partial charge in [-0.2, -0.15) is 5.26 Å². The van der Waals surface area contributed by atoms with Gasteiger partial charge < -0.3 is 9.64 Å². The summed E-state index contributed by atoms with van der Waals surface area (Å²) in [4.78, 5) is 6.29. The molecule has 1 aromatic rings. The van der Waals surface area contributed by atoms with Gasteiger partial charge >= 0.3 is 0 Å². The topological polar surface area (TPSA) is 49.1 Å². The molecule has 5 heteroatoms. The number of nitriles is 1. The van der Waals surface area contributed by atoms with Crippen LogP contribution < -0.4 is 4.90 Å². The zero-order valence-corrected chi connectivity index (χ0v) is 11.2. The molecule has 0 atom stereocenters. The van der Waals surface area contributed by atoms with Gasteiger partial charge in [-0.1, -0.05) is 11.6 Å². The van der Waals surface area contributed by atoms with Crippen molar-refractivity contribution in [2.75, 3.05) is 31.7 Å². The number of hydrogen-bond acceptors (Lipinski definition) is 4. The highest BCUT2D eigenvalue weighted by molar-refractivity contribution is 6.34.